The molecule has 0 aliphatic carbocycles. The van der Waals surface area contributed by atoms with Crippen LogP contribution in [0.25, 0.3) is 0 Å². The second-order valence-corrected chi connectivity index (χ2v) is 6.69. The van der Waals surface area contributed by atoms with E-state index in [0.29, 0.717) is 11.7 Å². The minimum Gasteiger partial charge on any atom is -0.334 e. The number of aromatic nitrogens is 1. The molecule has 122 valence electrons. The SMILES string of the molecule is O=C(NCc1ccc(CN2CCCCC2)cc1)Nc1nccs1. The van der Waals surface area contributed by atoms with Crippen LogP contribution >= 0.6 is 11.3 Å². The van der Waals surface area contributed by atoms with Gasteiger partial charge in [0, 0.05) is 24.7 Å². The molecule has 2 amide bonds. The van der Waals surface area contributed by atoms with Crippen LogP contribution in [-0.4, -0.2) is 29.0 Å². The van der Waals surface area contributed by atoms with Gasteiger partial charge in [0.15, 0.2) is 5.13 Å². The maximum Gasteiger partial charge on any atom is 0.321 e. The summed E-state index contributed by atoms with van der Waals surface area (Å²) in [5.41, 5.74) is 2.43. The van der Waals surface area contributed by atoms with Gasteiger partial charge in [-0.15, -0.1) is 11.3 Å². The predicted molar refractivity (Wildman–Crippen MR) is 93.5 cm³/mol. The predicted octanol–water partition coefficient (Wildman–Crippen LogP) is 3.45. The second kappa shape index (κ2) is 8.08. The maximum atomic E-state index is 11.8. The zero-order valence-corrected chi connectivity index (χ0v) is 13.9. The lowest BCUT2D eigenvalue weighted by Crippen LogP contribution is -2.29. The number of rotatable bonds is 5. The third kappa shape index (κ3) is 5.04. The van der Waals surface area contributed by atoms with E-state index in [4.69, 9.17) is 0 Å². The molecule has 5 nitrogen and oxygen atoms in total. The van der Waals surface area contributed by atoms with E-state index in [1.54, 1.807) is 6.20 Å². The third-order valence-electron chi connectivity index (χ3n) is 3.98. The standard InChI is InChI=1S/C17H22N4OS/c22-16(20-17-18-8-11-23-17)19-12-14-4-6-15(7-5-14)13-21-9-2-1-3-10-21/h4-8,11H,1-3,9-10,12-13H2,(H2,18,19,20,22). The maximum absolute atomic E-state index is 11.8. The van der Waals surface area contributed by atoms with Gasteiger partial charge in [-0.2, -0.15) is 0 Å². The fourth-order valence-electron chi connectivity index (χ4n) is 2.75. The van der Waals surface area contributed by atoms with E-state index in [9.17, 15) is 4.79 Å². The molecule has 0 unspecified atom stereocenters. The molecule has 0 bridgehead atoms. The molecule has 0 atom stereocenters. The molecule has 0 spiro atoms. The number of likely N-dealkylation sites (tertiary alicyclic amines) is 1. The highest BCUT2D eigenvalue weighted by Gasteiger charge is 2.10. The van der Waals surface area contributed by atoms with Crippen molar-refractivity contribution < 1.29 is 4.79 Å². The summed E-state index contributed by atoms with van der Waals surface area (Å²) in [5, 5.41) is 7.99. The van der Waals surface area contributed by atoms with Crippen molar-refractivity contribution in [1.82, 2.24) is 15.2 Å². The number of thiazole rings is 1. The summed E-state index contributed by atoms with van der Waals surface area (Å²) in [6.07, 6.45) is 5.66. The molecule has 6 heteroatoms. The number of hydrogen-bond donors (Lipinski definition) is 2. The molecule has 1 aromatic heterocycles. The Bertz CT molecular complexity index is 606. The first-order valence-electron chi connectivity index (χ1n) is 8.04. The van der Waals surface area contributed by atoms with Gasteiger partial charge in [0.2, 0.25) is 0 Å². The van der Waals surface area contributed by atoms with Crippen molar-refractivity contribution in [2.45, 2.75) is 32.4 Å². The minimum absolute atomic E-state index is 0.225. The van der Waals surface area contributed by atoms with Gasteiger partial charge >= 0.3 is 6.03 Å². The molecule has 2 N–H and O–H groups in total. The summed E-state index contributed by atoms with van der Waals surface area (Å²) in [7, 11) is 0. The molecule has 2 heterocycles. The number of amides is 2. The van der Waals surface area contributed by atoms with Gasteiger partial charge in [0.05, 0.1) is 0 Å². The zero-order valence-electron chi connectivity index (χ0n) is 13.1. The molecule has 1 aliphatic heterocycles. The van der Waals surface area contributed by atoms with E-state index in [0.717, 1.165) is 12.1 Å². The number of benzene rings is 1. The van der Waals surface area contributed by atoms with Crippen molar-refractivity contribution in [2.24, 2.45) is 0 Å². The average Bonchev–Trinajstić information content (AvgIpc) is 3.08. The lowest BCUT2D eigenvalue weighted by molar-refractivity contribution is 0.221. The quantitative estimate of drug-likeness (QED) is 0.883. The molecule has 0 saturated carbocycles. The molecule has 1 saturated heterocycles. The van der Waals surface area contributed by atoms with E-state index in [-0.39, 0.29) is 6.03 Å². The molecule has 3 rings (SSSR count). The van der Waals surface area contributed by atoms with Crippen LogP contribution in [-0.2, 0) is 13.1 Å². The largest absolute Gasteiger partial charge is 0.334 e. The van der Waals surface area contributed by atoms with Crippen LogP contribution in [0.4, 0.5) is 9.93 Å². The van der Waals surface area contributed by atoms with Gasteiger partial charge in [-0.3, -0.25) is 10.2 Å². The van der Waals surface area contributed by atoms with Crippen LogP contribution in [0, 0.1) is 0 Å². The molecule has 1 fully saturated rings. The summed E-state index contributed by atoms with van der Waals surface area (Å²) in [6, 6.07) is 8.26. The molecule has 2 aromatic rings. The fourth-order valence-corrected chi connectivity index (χ4v) is 3.27. The highest BCUT2D eigenvalue weighted by Crippen LogP contribution is 2.14. The molecular weight excluding hydrogens is 308 g/mol. The Morgan fingerprint density at radius 2 is 1.87 bits per heavy atom. The zero-order chi connectivity index (χ0) is 15.9. The Morgan fingerprint density at radius 1 is 1.13 bits per heavy atom. The number of nitrogens with one attached hydrogen (secondary N) is 2. The Hall–Kier alpha value is -1.92. The normalized spacial score (nSPS) is 15.3. The number of hydrogen-bond acceptors (Lipinski definition) is 4. The van der Waals surface area contributed by atoms with Crippen molar-refractivity contribution in [3.63, 3.8) is 0 Å². The monoisotopic (exact) mass is 330 g/mol. The number of carbonyl (C=O) groups is 1. The van der Waals surface area contributed by atoms with Crippen LogP contribution in [0.2, 0.25) is 0 Å². The van der Waals surface area contributed by atoms with E-state index in [2.05, 4.69) is 44.8 Å². The molecule has 23 heavy (non-hydrogen) atoms. The van der Waals surface area contributed by atoms with Crippen LogP contribution in [0.15, 0.2) is 35.8 Å². The van der Waals surface area contributed by atoms with Gasteiger partial charge < -0.3 is 5.32 Å². The van der Waals surface area contributed by atoms with Gasteiger partial charge in [-0.25, -0.2) is 9.78 Å². The van der Waals surface area contributed by atoms with Crippen molar-refractivity contribution in [3.8, 4) is 0 Å². The first kappa shape index (κ1) is 16.0. The van der Waals surface area contributed by atoms with Crippen molar-refractivity contribution >= 4 is 22.5 Å². The summed E-state index contributed by atoms with van der Waals surface area (Å²) < 4.78 is 0. The van der Waals surface area contributed by atoms with E-state index >= 15 is 0 Å². The number of piperidine rings is 1. The number of urea groups is 1. The average molecular weight is 330 g/mol. The summed E-state index contributed by atoms with van der Waals surface area (Å²) in [5.74, 6) is 0. The summed E-state index contributed by atoms with van der Waals surface area (Å²) >= 11 is 1.40. The van der Waals surface area contributed by atoms with Crippen molar-refractivity contribution in [1.29, 1.82) is 0 Å². The molecule has 1 aliphatic rings. The second-order valence-electron chi connectivity index (χ2n) is 5.80. The lowest BCUT2D eigenvalue weighted by atomic mass is 10.1. The highest BCUT2D eigenvalue weighted by atomic mass is 32.1. The first-order chi connectivity index (χ1) is 11.3. The summed E-state index contributed by atoms with van der Waals surface area (Å²) in [6.45, 7) is 3.96. The minimum atomic E-state index is -0.225. The van der Waals surface area contributed by atoms with E-state index in [1.165, 1.54) is 49.3 Å². The first-order valence-corrected chi connectivity index (χ1v) is 8.92. The van der Waals surface area contributed by atoms with Crippen molar-refractivity contribution in [2.75, 3.05) is 18.4 Å². The Morgan fingerprint density at radius 3 is 2.57 bits per heavy atom. The molecule has 1 aromatic carbocycles. The van der Waals surface area contributed by atoms with E-state index < -0.39 is 0 Å². The Labute approximate surface area is 140 Å². The number of anilines is 1. The fraction of sp³-hybridized carbons (Fsp3) is 0.412. The smallest absolute Gasteiger partial charge is 0.321 e. The van der Waals surface area contributed by atoms with Gasteiger partial charge in [-0.1, -0.05) is 30.7 Å². The van der Waals surface area contributed by atoms with Crippen LogP contribution in [0.1, 0.15) is 30.4 Å². The van der Waals surface area contributed by atoms with Crippen LogP contribution in [0.3, 0.4) is 0 Å². The number of carbonyl (C=O) groups excluding carboxylic acids is 1. The van der Waals surface area contributed by atoms with E-state index in [1.807, 2.05) is 5.38 Å². The summed E-state index contributed by atoms with van der Waals surface area (Å²) in [4.78, 5) is 18.3. The van der Waals surface area contributed by atoms with Crippen LogP contribution < -0.4 is 10.6 Å². The topological polar surface area (TPSA) is 57.3 Å². The van der Waals surface area contributed by atoms with Crippen molar-refractivity contribution in [3.05, 3.63) is 47.0 Å². The highest BCUT2D eigenvalue weighted by molar-refractivity contribution is 7.13. The number of nitrogens with zero attached hydrogens (tertiary/aromatic N) is 2. The Kier molecular flexibility index (Phi) is 5.60. The molecular formula is C17H22N4OS. The van der Waals surface area contributed by atoms with Gasteiger partial charge in [0.1, 0.15) is 0 Å². The van der Waals surface area contributed by atoms with Gasteiger partial charge in [-0.05, 0) is 37.1 Å². The lowest BCUT2D eigenvalue weighted by Gasteiger charge is -2.26. The third-order valence-corrected chi connectivity index (χ3v) is 4.67. The molecule has 0 radical (unpaired) electrons. The Balaban J connectivity index is 1.44. The van der Waals surface area contributed by atoms with Gasteiger partial charge in [0.25, 0.3) is 0 Å². The van der Waals surface area contributed by atoms with Crippen LogP contribution in [0.5, 0.6) is 0 Å².